The van der Waals surface area contributed by atoms with E-state index in [0.29, 0.717) is 6.29 Å². The molecule has 0 amide bonds. The third-order valence-corrected chi connectivity index (χ3v) is 0.661. The van der Waals surface area contributed by atoms with Gasteiger partial charge in [-0.15, -0.1) is 12.4 Å². The molecule has 0 aromatic heterocycles. The van der Waals surface area contributed by atoms with Crippen LogP contribution in [0.5, 0.6) is 0 Å². The zero-order valence-corrected chi connectivity index (χ0v) is 6.23. The molecule has 0 saturated heterocycles. The largest absolute Gasteiger partial charge is 0.458 e. The molecule has 0 aliphatic carbocycles. The number of nitrogens with two attached hydrogens (primary N) is 1. The predicted octanol–water partition coefficient (Wildman–Crippen LogP) is -0.501. The van der Waals surface area contributed by atoms with Crippen molar-refractivity contribution in [2.45, 2.75) is 6.42 Å². The number of hydrogen-bond donors (Lipinski definition) is 1. The lowest BCUT2D eigenvalue weighted by Gasteiger charge is -1.95. The van der Waals surface area contributed by atoms with Gasteiger partial charge in [0.1, 0.15) is 6.61 Å². The Morgan fingerprint density at radius 1 is 1.60 bits per heavy atom. The Morgan fingerprint density at radius 3 is 2.60 bits per heavy atom. The third kappa shape index (κ3) is 7.39. The molecule has 0 saturated carbocycles. The van der Waals surface area contributed by atoms with Crippen molar-refractivity contribution in [2.24, 2.45) is 5.73 Å². The molecule has 5 heteroatoms. The highest BCUT2D eigenvalue weighted by atomic mass is 35.5. The number of carbonyl (C=O) groups is 2. The summed E-state index contributed by atoms with van der Waals surface area (Å²) < 4.78 is 4.34. The average molecular weight is 168 g/mol. The van der Waals surface area contributed by atoms with E-state index in [1.807, 2.05) is 0 Å². The van der Waals surface area contributed by atoms with E-state index in [-0.39, 0.29) is 32.0 Å². The Kier molecular flexibility index (Phi) is 10.2. The van der Waals surface area contributed by atoms with Crippen LogP contribution in [0.3, 0.4) is 0 Å². The number of aldehydes is 1. The second kappa shape index (κ2) is 8.39. The van der Waals surface area contributed by atoms with Crippen molar-refractivity contribution in [1.29, 1.82) is 0 Å². The highest BCUT2D eigenvalue weighted by Crippen LogP contribution is 1.80. The van der Waals surface area contributed by atoms with E-state index in [0.717, 1.165) is 0 Å². The minimum absolute atomic E-state index is 0. The fraction of sp³-hybridized carbons (Fsp3) is 0.600. The van der Waals surface area contributed by atoms with Crippen LogP contribution in [0.25, 0.3) is 0 Å². The number of ether oxygens (including phenoxy) is 1. The van der Waals surface area contributed by atoms with Gasteiger partial charge in [0, 0.05) is 6.54 Å². The molecule has 10 heavy (non-hydrogen) atoms. The van der Waals surface area contributed by atoms with Gasteiger partial charge in [-0.25, -0.2) is 0 Å². The fourth-order valence-electron chi connectivity index (χ4n) is 0.317. The van der Waals surface area contributed by atoms with Gasteiger partial charge in [-0.1, -0.05) is 0 Å². The van der Waals surface area contributed by atoms with Crippen LogP contribution < -0.4 is 5.73 Å². The van der Waals surface area contributed by atoms with Crippen molar-refractivity contribution in [3.05, 3.63) is 0 Å². The van der Waals surface area contributed by atoms with Gasteiger partial charge in [0.15, 0.2) is 6.29 Å². The molecule has 0 atom stereocenters. The summed E-state index contributed by atoms with van der Waals surface area (Å²) in [4.78, 5) is 19.9. The smallest absolute Gasteiger partial charge is 0.307 e. The van der Waals surface area contributed by atoms with Crippen LogP contribution in [0.15, 0.2) is 0 Å². The SMILES string of the molecule is Cl.NCCC(=O)OCC=O. The summed E-state index contributed by atoms with van der Waals surface area (Å²) in [5.74, 6) is -0.426. The topological polar surface area (TPSA) is 69.4 Å². The van der Waals surface area contributed by atoms with Gasteiger partial charge in [-0.05, 0) is 0 Å². The Balaban J connectivity index is 0. The van der Waals surface area contributed by atoms with Gasteiger partial charge in [0.05, 0.1) is 6.42 Å². The summed E-state index contributed by atoms with van der Waals surface area (Å²) in [6, 6.07) is 0. The molecule has 0 spiro atoms. The van der Waals surface area contributed by atoms with Crippen LogP contribution in [-0.4, -0.2) is 25.4 Å². The van der Waals surface area contributed by atoms with Crippen molar-refractivity contribution < 1.29 is 14.3 Å². The van der Waals surface area contributed by atoms with Crippen molar-refractivity contribution in [3.63, 3.8) is 0 Å². The Labute approximate surface area is 65.1 Å². The molecule has 60 valence electrons. The molecule has 0 heterocycles. The normalized spacial score (nSPS) is 7.70. The van der Waals surface area contributed by atoms with Crippen LogP contribution in [0, 0.1) is 0 Å². The number of rotatable bonds is 4. The molecular formula is C5H10ClNO3. The summed E-state index contributed by atoms with van der Waals surface area (Å²) in [5.41, 5.74) is 5.01. The molecule has 4 nitrogen and oxygen atoms in total. The van der Waals surface area contributed by atoms with Gasteiger partial charge >= 0.3 is 5.97 Å². The first-order valence-corrected chi connectivity index (χ1v) is 2.60. The highest BCUT2D eigenvalue weighted by molar-refractivity contribution is 5.85. The molecule has 0 aliphatic heterocycles. The first kappa shape index (κ1) is 12.1. The van der Waals surface area contributed by atoms with E-state index < -0.39 is 5.97 Å². The summed E-state index contributed by atoms with van der Waals surface area (Å²) in [7, 11) is 0. The molecule has 0 bridgehead atoms. The lowest BCUT2D eigenvalue weighted by Crippen LogP contribution is -2.11. The molecular weight excluding hydrogens is 158 g/mol. The first-order chi connectivity index (χ1) is 4.31. The Hall–Kier alpha value is -0.610. The Bertz CT molecular complexity index is 107. The zero-order valence-electron chi connectivity index (χ0n) is 5.41. The molecule has 0 fully saturated rings. The van der Waals surface area contributed by atoms with E-state index in [1.54, 1.807) is 0 Å². The van der Waals surface area contributed by atoms with Crippen molar-refractivity contribution in [1.82, 2.24) is 0 Å². The van der Waals surface area contributed by atoms with E-state index in [9.17, 15) is 9.59 Å². The van der Waals surface area contributed by atoms with Crippen LogP contribution in [0.4, 0.5) is 0 Å². The minimum atomic E-state index is -0.426. The van der Waals surface area contributed by atoms with Crippen LogP contribution in [0.1, 0.15) is 6.42 Å². The highest BCUT2D eigenvalue weighted by Gasteiger charge is 1.97. The van der Waals surface area contributed by atoms with Crippen molar-refractivity contribution in [2.75, 3.05) is 13.2 Å². The maximum Gasteiger partial charge on any atom is 0.307 e. The molecule has 0 aromatic rings. The number of halogens is 1. The second-order valence-corrected chi connectivity index (χ2v) is 1.39. The van der Waals surface area contributed by atoms with E-state index in [4.69, 9.17) is 5.73 Å². The predicted molar refractivity (Wildman–Crippen MR) is 37.9 cm³/mol. The van der Waals surface area contributed by atoms with E-state index in [2.05, 4.69) is 4.74 Å². The van der Waals surface area contributed by atoms with Crippen LogP contribution in [0.2, 0.25) is 0 Å². The molecule has 0 aliphatic rings. The molecule has 0 unspecified atom stereocenters. The van der Waals surface area contributed by atoms with E-state index in [1.165, 1.54) is 0 Å². The lowest BCUT2D eigenvalue weighted by atomic mass is 10.4. The second-order valence-electron chi connectivity index (χ2n) is 1.39. The third-order valence-electron chi connectivity index (χ3n) is 0.661. The summed E-state index contributed by atoms with van der Waals surface area (Å²) in [6.07, 6.45) is 0.697. The lowest BCUT2D eigenvalue weighted by molar-refractivity contribution is -0.145. The zero-order chi connectivity index (χ0) is 7.11. The maximum atomic E-state index is 10.3. The maximum absolute atomic E-state index is 10.3. The van der Waals surface area contributed by atoms with Gasteiger partial charge < -0.3 is 10.5 Å². The van der Waals surface area contributed by atoms with Gasteiger partial charge in [-0.3, -0.25) is 9.59 Å². The summed E-state index contributed by atoms with van der Waals surface area (Å²) >= 11 is 0. The van der Waals surface area contributed by atoms with Crippen LogP contribution in [-0.2, 0) is 14.3 Å². The van der Waals surface area contributed by atoms with Gasteiger partial charge in [0.2, 0.25) is 0 Å². The number of hydrogen-bond acceptors (Lipinski definition) is 4. The molecule has 0 aromatic carbocycles. The fourth-order valence-corrected chi connectivity index (χ4v) is 0.317. The summed E-state index contributed by atoms with van der Waals surface area (Å²) in [5, 5.41) is 0. The quantitative estimate of drug-likeness (QED) is 0.453. The minimum Gasteiger partial charge on any atom is -0.458 e. The molecule has 0 rings (SSSR count). The van der Waals surface area contributed by atoms with Crippen LogP contribution >= 0.6 is 12.4 Å². The average Bonchev–Trinajstić information content (AvgIpc) is 1.85. The number of carbonyl (C=O) groups excluding carboxylic acids is 2. The van der Waals surface area contributed by atoms with Crippen molar-refractivity contribution in [3.8, 4) is 0 Å². The van der Waals surface area contributed by atoms with E-state index >= 15 is 0 Å². The van der Waals surface area contributed by atoms with Gasteiger partial charge in [-0.2, -0.15) is 0 Å². The molecule has 2 N–H and O–H groups in total. The van der Waals surface area contributed by atoms with Crippen molar-refractivity contribution >= 4 is 24.7 Å². The standard InChI is InChI=1S/C5H9NO3.ClH/c6-2-1-5(8)9-4-3-7;/h3H,1-2,4,6H2;1H. The molecule has 0 radical (unpaired) electrons. The Morgan fingerprint density at radius 2 is 2.20 bits per heavy atom. The summed E-state index contributed by atoms with van der Waals surface area (Å²) in [6.45, 7) is 0.0938. The monoisotopic (exact) mass is 167 g/mol. The first-order valence-electron chi connectivity index (χ1n) is 2.60. The number of esters is 1. The van der Waals surface area contributed by atoms with Gasteiger partial charge in [0.25, 0.3) is 0 Å².